The third-order valence-electron chi connectivity index (χ3n) is 2.46. The van der Waals surface area contributed by atoms with Crippen molar-refractivity contribution in [3.8, 4) is 5.75 Å². The molecule has 0 amide bonds. The van der Waals surface area contributed by atoms with Crippen LogP contribution >= 0.6 is 0 Å². The van der Waals surface area contributed by atoms with Crippen LogP contribution in [0.5, 0.6) is 5.75 Å². The summed E-state index contributed by atoms with van der Waals surface area (Å²) in [5, 5.41) is 3.04. The Morgan fingerprint density at radius 3 is 2.75 bits per heavy atom. The smallest absolute Gasteiger partial charge is 0.168 e. The minimum atomic E-state index is -0.611. The molecule has 0 spiro atoms. The summed E-state index contributed by atoms with van der Waals surface area (Å²) in [6, 6.07) is 2.19. The van der Waals surface area contributed by atoms with Gasteiger partial charge in [0.15, 0.2) is 11.6 Å². The van der Waals surface area contributed by atoms with Crippen molar-refractivity contribution in [3.63, 3.8) is 0 Å². The molecule has 16 heavy (non-hydrogen) atoms. The Morgan fingerprint density at radius 2 is 2.12 bits per heavy atom. The topological polar surface area (TPSA) is 21.3 Å². The quantitative estimate of drug-likeness (QED) is 0.834. The summed E-state index contributed by atoms with van der Waals surface area (Å²) in [4.78, 5) is 0. The lowest BCUT2D eigenvalue weighted by atomic mass is 10.2. The second kappa shape index (κ2) is 4.78. The molecule has 0 heterocycles. The highest BCUT2D eigenvalue weighted by Gasteiger charge is 2.26. The molecule has 4 heteroatoms. The molecule has 2 rings (SSSR count). The summed E-state index contributed by atoms with van der Waals surface area (Å²) in [6.45, 7) is 3.12. The maximum Gasteiger partial charge on any atom is 0.168 e. The molecule has 0 bridgehead atoms. The van der Waals surface area contributed by atoms with Gasteiger partial charge in [-0.2, -0.15) is 0 Å². The van der Waals surface area contributed by atoms with Gasteiger partial charge >= 0.3 is 0 Å². The monoisotopic (exact) mass is 227 g/mol. The van der Waals surface area contributed by atoms with Crippen LogP contribution in [0.2, 0.25) is 0 Å². The zero-order valence-corrected chi connectivity index (χ0v) is 9.22. The van der Waals surface area contributed by atoms with E-state index in [4.69, 9.17) is 4.74 Å². The molecular weight excluding hydrogens is 212 g/mol. The van der Waals surface area contributed by atoms with Crippen molar-refractivity contribution in [1.29, 1.82) is 0 Å². The fraction of sp³-hybridized carbons (Fsp3) is 0.500. The molecule has 1 fully saturated rings. The SMILES string of the molecule is CCNCc1cc(F)cc(F)c1OC1CC1. The Balaban J connectivity index is 2.22. The Kier molecular flexibility index (Phi) is 3.39. The predicted molar refractivity (Wildman–Crippen MR) is 57.4 cm³/mol. The Bertz CT molecular complexity index is 378. The van der Waals surface area contributed by atoms with Gasteiger partial charge in [0.2, 0.25) is 0 Å². The maximum atomic E-state index is 13.5. The van der Waals surface area contributed by atoms with Gasteiger partial charge in [-0.05, 0) is 25.5 Å². The first-order valence-corrected chi connectivity index (χ1v) is 5.56. The zero-order valence-electron chi connectivity index (χ0n) is 9.22. The fourth-order valence-electron chi connectivity index (χ4n) is 1.49. The molecule has 88 valence electrons. The number of benzene rings is 1. The van der Waals surface area contributed by atoms with Gasteiger partial charge in [0.1, 0.15) is 5.82 Å². The molecule has 2 nitrogen and oxygen atoms in total. The van der Waals surface area contributed by atoms with E-state index in [0.29, 0.717) is 12.1 Å². The van der Waals surface area contributed by atoms with Gasteiger partial charge in [-0.15, -0.1) is 0 Å². The van der Waals surface area contributed by atoms with E-state index >= 15 is 0 Å². The predicted octanol–water partition coefficient (Wildman–Crippen LogP) is 2.62. The fourth-order valence-corrected chi connectivity index (χ4v) is 1.49. The lowest BCUT2D eigenvalue weighted by Crippen LogP contribution is -2.14. The van der Waals surface area contributed by atoms with Gasteiger partial charge in [0, 0.05) is 18.2 Å². The number of hydrogen-bond acceptors (Lipinski definition) is 2. The van der Waals surface area contributed by atoms with Crippen LogP contribution < -0.4 is 10.1 Å². The maximum absolute atomic E-state index is 13.5. The highest BCUT2D eigenvalue weighted by atomic mass is 19.1. The standard InChI is InChI=1S/C12H15F2NO/c1-2-15-7-8-5-9(13)6-11(14)12(8)16-10-3-4-10/h5-6,10,15H,2-4,7H2,1H3. The molecule has 1 N–H and O–H groups in total. The summed E-state index contributed by atoms with van der Waals surface area (Å²) >= 11 is 0. The molecule has 0 aromatic heterocycles. The van der Waals surface area contributed by atoms with Crippen molar-refractivity contribution in [3.05, 3.63) is 29.3 Å². The van der Waals surface area contributed by atoms with Gasteiger partial charge in [-0.3, -0.25) is 0 Å². The third kappa shape index (κ3) is 2.70. The van der Waals surface area contributed by atoms with E-state index in [9.17, 15) is 8.78 Å². The minimum absolute atomic E-state index is 0.111. The number of halogens is 2. The van der Waals surface area contributed by atoms with Crippen LogP contribution in [0.15, 0.2) is 12.1 Å². The van der Waals surface area contributed by atoms with Crippen LogP contribution in [0.1, 0.15) is 25.3 Å². The lowest BCUT2D eigenvalue weighted by Gasteiger charge is -2.12. The molecule has 0 saturated heterocycles. The van der Waals surface area contributed by atoms with Gasteiger partial charge < -0.3 is 10.1 Å². The first kappa shape index (κ1) is 11.3. The number of nitrogens with one attached hydrogen (secondary N) is 1. The molecule has 0 atom stereocenters. The van der Waals surface area contributed by atoms with Crippen LogP contribution in [0.4, 0.5) is 8.78 Å². The molecule has 1 aliphatic rings. The van der Waals surface area contributed by atoms with E-state index in [1.165, 1.54) is 6.07 Å². The summed E-state index contributed by atoms with van der Waals surface area (Å²) in [5.74, 6) is -0.974. The highest BCUT2D eigenvalue weighted by Crippen LogP contribution is 2.31. The second-order valence-electron chi connectivity index (χ2n) is 3.97. The zero-order chi connectivity index (χ0) is 11.5. The van der Waals surface area contributed by atoms with E-state index < -0.39 is 11.6 Å². The molecular formula is C12H15F2NO. The number of hydrogen-bond donors (Lipinski definition) is 1. The summed E-state index contributed by atoms with van der Waals surface area (Å²) in [6.07, 6.45) is 2.02. The largest absolute Gasteiger partial charge is 0.487 e. The molecule has 0 aliphatic heterocycles. The van der Waals surface area contributed by atoms with Crippen LogP contribution in [-0.4, -0.2) is 12.6 Å². The van der Waals surface area contributed by atoms with Gasteiger partial charge in [-0.1, -0.05) is 6.92 Å². The molecule has 1 aliphatic carbocycles. The van der Waals surface area contributed by atoms with Crippen molar-refractivity contribution in [1.82, 2.24) is 5.32 Å². The van der Waals surface area contributed by atoms with Crippen molar-refractivity contribution < 1.29 is 13.5 Å². The van der Waals surface area contributed by atoms with Crippen LogP contribution in [-0.2, 0) is 6.54 Å². The average Bonchev–Trinajstić information content (AvgIpc) is 3.03. The van der Waals surface area contributed by atoms with Crippen molar-refractivity contribution >= 4 is 0 Å². The highest BCUT2D eigenvalue weighted by molar-refractivity contribution is 5.36. The van der Waals surface area contributed by atoms with Crippen molar-refractivity contribution in [2.75, 3.05) is 6.54 Å². The van der Waals surface area contributed by atoms with E-state index in [1.807, 2.05) is 6.92 Å². The Morgan fingerprint density at radius 1 is 1.38 bits per heavy atom. The van der Waals surface area contributed by atoms with E-state index in [2.05, 4.69) is 5.32 Å². The van der Waals surface area contributed by atoms with E-state index in [0.717, 1.165) is 25.5 Å². The van der Waals surface area contributed by atoms with Gasteiger partial charge in [0.25, 0.3) is 0 Å². The summed E-state index contributed by atoms with van der Waals surface area (Å²) < 4.78 is 32.1. The third-order valence-corrected chi connectivity index (χ3v) is 2.46. The van der Waals surface area contributed by atoms with Crippen LogP contribution in [0.25, 0.3) is 0 Å². The van der Waals surface area contributed by atoms with Crippen LogP contribution in [0, 0.1) is 11.6 Å². The van der Waals surface area contributed by atoms with Crippen LogP contribution in [0.3, 0.4) is 0 Å². The van der Waals surface area contributed by atoms with Crippen molar-refractivity contribution in [2.24, 2.45) is 0 Å². The second-order valence-corrected chi connectivity index (χ2v) is 3.97. The molecule has 1 aromatic rings. The average molecular weight is 227 g/mol. The lowest BCUT2D eigenvalue weighted by molar-refractivity contribution is 0.282. The first-order valence-electron chi connectivity index (χ1n) is 5.56. The Labute approximate surface area is 93.6 Å². The normalized spacial score (nSPS) is 15.2. The molecule has 1 saturated carbocycles. The first-order chi connectivity index (χ1) is 7.70. The van der Waals surface area contributed by atoms with E-state index in [-0.39, 0.29) is 11.9 Å². The van der Waals surface area contributed by atoms with E-state index in [1.54, 1.807) is 0 Å². The summed E-state index contributed by atoms with van der Waals surface area (Å²) in [5.41, 5.74) is 0.547. The molecule has 1 aromatic carbocycles. The minimum Gasteiger partial charge on any atom is -0.487 e. The molecule has 0 radical (unpaired) electrons. The molecule has 0 unspecified atom stereocenters. The Hall–Kier alpha value is -1.16. The number of ether oxygens (including phenoxy) is 1. The summed E-state index contributed by atoms with van der Waals surface area (Å²) in [7, 11) is 0. The number of rotatable bonds is 5. The van der Waals surface area contributed by atoms with Gasteiger partial charge in [-0.25, -0.2) is 8.78 Å². The van der Waals surface area contributed by atoms with Gasteiger partial charge in [0.05, 0.1) is 6.10 Å². The van der Waals surface area contributed by atoms with Crippen molar-refractivity contribution in [2.45, 2.75) is 32.4 Å².